The molecule has 118 valence electrons. The highest BCUT2D eigenvalue weighted by atomic mass is 16.4. The first-order valence-electron chi connectivity index (χ1n) is 8.01. The van der Waals surface area contributed by atoms with Gasteiger partial charge in [0.25, 0.3) is 0 Å². The van der Waals surface area contributed by atoms with Crippen molar-refractivity contribution in [3.63, 3.8) is 0 Å². The zero-order valence-electron chi connectivity index (χ0n) is 12.9. The highest BCUT2D eigenvalue weighted by molar-refractivity contribution is 5.95. The van der Waals surface area contributed by atoms with E-state index in [2.05, 4.69) is 6.92 Å². The monoisotopic (exact) mass is 294 g/mol. The molecule has 1 rings (SSSR count). The summed E-state index contributed by atoms with van der Waals surface area (Å²) in [6, 6.07) is 2.77. The van der Waals surface area contributed by atoms with Gasteiger partial charge >= 0.3 is 5.97 Å². The molecule has 0 aliphatic carbocycles. The minimum absolute atomic E-state index is 0.106. The van der Waals surface area contributed by atoms with Crippen molar-refractivity contribution < 1.29 is 19.1 Å². The maximum Gasteiger partial charge on any atom is 0.371 e. The Bertz CT molecular complexity index is 434. The molecule has 0 aliphatic heterocycles. The number of aromatic carboxylic acids is 1. The highest BCUT2D eigenvalue weighted by Gasteiger charge is 2.14. The molecule has 0 amide bonds. The third kappa shape index (κ3) is 7.11. The second-order valence-corrected chi connectivity index (χ2v) is 5.47. The van der Waals surface area contributed by atoms with Crippen molar-refractivity contribution >= 4 is 11.8 Å². The molecule has 0 aromatic carbocycles. The average molecular weight is 294 g/mol. The lowest BCUT2D eigenvalue weighted by Gasteiger charge is -2.01. The van der Waals surface area contributed by atoms with Gasteiger partial charge < -0.3 is 9.52 Å². The fraction of sp³-hybridized carbons (Fsp3) is 0.647. The lowest BCUT2D eigenvalue weighted by atomic mass is 10.1. The van der Waals surface area contributed by atoms with Crippen LogP contribution in [-0.4, -0.2) is 16.9 Å². The van der Waals surface area contributed by atoms with Gasteiger partial charge in [-0.2, -0.15) is 0 Å². The lowest BCUT2D eigenvalue weighted by Crippen LogP contribution is -1.98. The van der Waals surface area contributed by atoms with Crippen molar-refractivity contribution in [2.45, 2.75) is 71.1 Å². The summed E-state index contributed by atoms with van der Waals surface area (Å²) in [5.41, 5.74) is 0. The van der Waals surface area contributed by atoms with Crippen molar-refractivity contribution in [2.75, 3.05) is 0 Å². The van der Waals surface area contributed by atoms with Gasteiger partial charge in [0.15, 0.2) is 11.5 Å². The van der Waals surface area contributed by atoms with E-state index in [4.69, 9.17) is 9.52 Å². The van der Waals surface area contributed by atoms with Crippen LogP contribution in [0, 0.1) is 0 Å². The Balaban J connectivity index is 2.06. The zero-order chi connectivity index (χ0) is 15.5. The first kappa shape index (κ1) is 17.5. The molecular formula is C17H26O4. The molecule has 0 spiro atoms. The first-order chi connectivity index (χ1) is 10.1. The molecule has 1 aromatic heterocycles. The molecular weight excluding hydrogens is 268 g/mol. The molecule has 0 bridgehead atoms. The Labute approximate surface area is 126 Å². The summed E-state index contributed by atoms with van der Waals surface area (Å²) in [5, 5.41) is 8.73. The lowest BCUT2D eigenvalue weighted by molar-refractivity contribution is 0.0660. The van der Waals surface area contributed by atoms with Crippen LogP contribution in [0.5, 0.6) is 0 Å². The summed E-state index contributed by atoms with van der Waals surface area (Å²) in [6.07, 6.45) is 11.3. The zero-order valence-corrected chi connectivity index (χ0v) is 12.9. The number of ketones is 1. The number of carboxylic acid groups (broad SMARTS) is 1. The van der Waals surface area contributed by atoms with Crippen LogP contribution in [0.25, 0.3) is 0 Å². The normalized spacial score (nSPS) is 10.7. The fourth-order valence-corrected chi connectivity index (χ4v) is 2.32. The summed E-state index contributed by atoms with van der Waals surface area (Å²) in [7, 11) is 0. The maximum absolute atomic E-state index is 11.8. The Hall–Kier alpha value is -1.58. The van der Waals surface area contributed by atoms with E-state index in [9.17, 15) is 9.59 Å². The Morgan fingerprint density at radius 1 is 0.905 bits per heavy atom. The van der Waals surface area contributed by atoms with Gasteiger partial charge in [0.05, 0.1) is 0 Å². The third-order valence-corrected chi connectivity index (χ3v) is 3.60. The summed E-state index contributed by atoms with van der Waals surface area (Å²) >= 11 is 0. The number of furan rings is 1. The molecule has 21 heavy (non-hydrogen) atoms. The standard InChI is InChI=1S/C17H26O4/c1-2-3-4-5-6-7-8-9-10-11-14(18)15-12-13-16(21-15)17(19)20/h12-13H,2-11H2,1H3,(H,19,20). The predicted molar refractivity (Wildman–Crippen MR) is 81.8 cm³/mol. The smallest absolute Gasteiger partial charge is 0.371 e. The van der Waals surface area contributed by atoms with E-state index < -0.39 is 5.97 Å². The van der Waals surface area contributed by atoms with E-state index in [1.807, 2.05) is 0 Å². The van der Waals surface area contributed by atoms with Crippen LogP contribution < -0.4 is 0 Å². The van der Waals surface area contributed by atoms with E-state index in [1.165, 1.54) is 50.7 Å². The van der Waals surface area contributed by atoms with Crippen molar-refractivity contribution in [3.05, 3.63) is 23.7 Å². The minimum atomic E-state index is -1.14. The number of hydrogen-bond acceptors (Lipinski definition) is 3. The molecule has 4 heteroatoms. The van der Waals surface area contributed by atoms with E-state index in [0.717, 1.165) is 19.3 Å². The average Bonchev–Trinajstić information content (AvgIpc) is 2.95. The molecule has 4 nitrogen and oxygen atoms in total. The number of unbranched alkanes of at least 4 members (excludes halogenated alkanes) is 8. The largest absolute Gasteiger partial charge is 0.475 e. The van der Waals surface area contributed by atoms with Gasteiger partial charge in [0.2, 0.25) is 5.76 Å². The second-order valence-electron chi connectivity index (χ2n) is 5.47. The third-order valence-electron chi connectivity index (χ3n) is 3.60. The molecule has 0 radical (unpaired) electrons. The van der Waals surface area contributed by atoms with Crippen LogP contribution in [-0.2, 0) is 0 Å². The number of rotatable bonds is 12. The van der Waals surface area contributed by atoms with Crippen LogP contribution in [0.15, 0.2) is 16.5 Å². The number of carboxylic acids is 1. The van der Waals surface area contributed by atoms with Crippen molar-refractivity contribution in [1.82, 2.24) is 0 Å². The fourth-order valence-electron chi connectivity index (χ4n) is 2.32. The Morgan fingerprint density at radius 2 is 1.43 bits per heavy atom. The predicted octanol–water partition coefficient (Wildman–Crippen LogP) is 5.08. The van der Waals surface area contributed by atoms with Crippen molar-refractivity contribution in [2.24, 2.45) is 0 Å². The number of carbonyl (C=O) groups excluding carboxylic acids is 1. The van der Waals surface area contributed by atoms with E-state index in [0.29, 0.717) is 6.42 Å². The van der Waals surface area contributed by atoms with E-state index in [-0.39, 0.29) is 17.3 Å². The van der Waals surface area contributed by atoms with Gasteiger partial charge in [-0.1, -0.05) is 58.3 Å². The molecule has 0 atom stereocenters. The molecule has 1 heterocycles. The molecule has 0 aliphatic rings. The molecule has 0 saturated heterocycles. The van der Waals surface area contributed by atoms with Gasteiger partial charge in [0.1, 0.15) is 0 Å². The topological polar surface area (TPSA) is 67.5 Å². The van der Waals surface area contributed by atoms with Crippen LogP contribution >= 0.6 is 0 Å². The molecule has 1 aromatic rings. The van der Waals surface area contributed by atoms with Crippen LogP contribution in [0.1, 0.15) is 92.2 Å². The molecule has 0 fully saturated rings. The van der Waals surface area contributed by atoms with E-state index in [1.54, 1.807) is 0 Å². The van der Waals surface area contributed by atoms with Gasteiger partial charge in [0, 0.05) is 6.42 Å². The number of carbonyl (C=O) groups is 2. The van der Waals surface area contributed by atoms with Crippen molar-refractivity contribution in [3.8, 4) is 0 Å². The number of hydrogen-bond donors (Lipinski definition) is 1. The molecule has 0 unspecified atom stereocenters. The summed E-state index contributed by atoms with van der Waals surface area (Å²) in [6.45, 7) is 2.22. The van der Waals surface area contributed by atoms with Crippen LogP contribution in [0.3, 0.4) is 0 Å². The number of Topliss-reactive ketones (excluding diaryl/α,β-unsaturated/α-hetero) is 1. The van der Waals surface area contributed by atoms with Gasteiger partial charge in [-0.05, 0) is 18.6 Å². The Morgan fingerprint density at radius 3 is 1.95 bits per heavy atom. The first-order valence-corrected chi connectivity index (χ1v) is 8.01. The Kier molecular flexibility index (Phi) is 8.48. The summed E-state index contributed by atoms with van der Waals surface area (Å²) in [4.78, 5) is 22.5. The van der Waals surface area contributed by atoms with Crippen molar-refractivity contribution in [1.29, 1.82) is 0 Å². The van der Waals surface area contributed by atoms with Crippen LogP contribution in [0.4, 0.5) is 0 Å². The maximum atomic E-state index is 11.8. The molecule has 1 N–H and O–H groups in total. The van der Waals surface area contributed by atoms with Gasteiger partial charge in [-0.3, -0.25) is 4.79 Å². The summed E-state index contributed by atoms with van der Waals surface area (Å²) < 4.78 is 4.99. The van der Waals surface area contributed by atoms with Gasteiger partial charge in [-0.25, -0.2) is 4.79 Å². The quantitative estimate of drug-likeness (QED) is 0.431. The highest BCUT2D eigenvalue weighted by Crippen LogP contribution is 2.14. The second kappa shape index (κ2) is 10.2. The minimum Gasteiger partial charge on any atom is -0.475 e. The SMILES string of the molecule is CCCCCCCCCCCC(=O)c1ccc(C(=O)O)o1. The van der Waals surface area contributed by atoms with Gasteiger partial charge in [-0.15, -0.1) is 0 Å². The van der Waals surface area contributed by atoms with E-state index >= 15 is 0 Å². The summed E-state index contributed by atoms with van der Waals surface area (Å²) in [5.74, 6) is -1.26. The molecule has 0 saturated carbocycles. The van der Waals surface area contributed by atoms with Crippen LogP contribution in [0.2, 0.25) is 0 Å².